The van der Waals surface area contributed by atoms with Crippen LogP contribution in [0, 0.1) is 5.82 Å². The van der Waals surface area contributed by atoms with Crippen LogP contribution in [-0.2, 0) is 13.6 Å². The molecule has 1 aliphatic heterocycles. The molecule has 3 aromatic heterocycles. The van der Waals surface area contributed by atoms with Crippen LogP contribution in [0.25, 0.3) is 22.5 Å². The van der Waals surface area contributed by atoms with E-state index in [4.69, 9.17) is 22.1 Å². The van der Waals surface area contributed by atoms with Gasteiger partial charge in [0.05, 0.1) is 16.8 Å². The summed E-state index contributed by atoms with van der Waals surface area (Å²) < 4.78 is 23.6. The molecule has 2 bridgehead atoms. The number of halogens is 2. The van der Waals surface area contributed by atoms with Gasteiger partial charge in [-0.05, 0) is 38.1 Å². The number of nitrogen functional groups attached to an aromatic ring is 1. The van der Waals surface area contributed by atoms with Gasteiger partial charge in [0.2, 0.25) is 5.78 Å². The Balaban J connectivity index is 1.89. The number of aromatic nitrogens is 5. The van der Waals surface area contributed by atoms with E-state index in [2.05, 4.69) is 15.2 Å². The summed E-state index contributed by atoms with van der Waals surface area (Å²) in [6.07, 6.45) is 2.56. The Morgan fingerprint density at radius 2 is 2.03 bits per heavy atom. The molecule has 0 saturated heterocycles. The van der Waals surface area contributed by atoms with Crippen LogP contribution in [0.5, 0.6) is 5.75 Å². The van der Waals surface area contributed by atoms with Gasteiger partial charge in [-0.3, -0.25) is 14.2 Å². The number of benzene rings is 1. The lowest BCUT2D eigenvalue weighted by Gasteiger charge is -2.20. The number of nitrogens with two attached hydrogens (primary N) is 1. The number of nitrogens with zero attached hydrogens (tertiary/aromatic N) is 5. The van der Waals surface area contributed by atoms with Crippen molar-refractivity contribution in [3.05, 3.63) is 64.3 Å². The van der Waals surface area contributed by atoms with Crippen molar-refractivity contribution in [2.24, 2.45) is 7.05 Å². The topological polar surface area (TPSA) is 101 Å². The Labute approximate surface area is 193 Å². The molecule has 1 aromatic carbocycles. The Hall–Kier alpha value is -3.72. The molecule has 4 heterocycles. The summed E-state index contributed by atoms with van der Waals surface area (Å²) in [7, 11) is 1.72. The monoisotopic (exact) mass is 466 g/mol. The fourth-order valence-corrected chi connectivity index (χ4v) is 4.43. The maximum atomic E-state index is 14.3. The van der Waals surface area contributed by atoms with Crippen LogP contribution >= 0.6 is 11.6 Å². The van der Waals surface area contributed by atoms with Crippen molar-refractivity contribution in [1.29, 1.82) is 0 Å². The second kappa shape index (κ2) is 7.70. The molecule has 0 fully saturated rings. The molecule has 0 radical (unpaired) electrons. The third kappa shape index (κ3) is 3.36. The maximum Gasteiger partial charge on any atom is 0.202 e. The van der Waals surface area contributed by atoms with Gasteiger partial charge in [0.1, 0.15) is 17.6 Å². The number of anilines is 1. The third-order valence-corrected chi connectivity index (χ3v) is 5.94. The highest BCUT2D eigenvalue weighted by Crippen LogP contribution is 2.39. The number of hydrogen-bond acceptors (Lipinski definition) is 6. The van der Waals surface area contributed by atoms with Crippen molar-refractivity contribution in [1.82, 2.24) is 24.5 Å². The summed E-state index contributed by atoms with van der Waals surface area (Å²) in [5, 5.41) is 8.95. The minimum Gasteiger partial charge on any atom is -0.482 e. The van der Waals surface area contributed by atoms with E-state index >= 15 is 0 Å². The molecule has 0 aliphatic carbocycles. The molecule has 168 valence electrons. The minimum absolute atomic E-state index is 0.0655. The molecule has 4 aromatic rings. The largest absolute Gasteiger partial charge is 0.482 e. The highest BCUT2D eigenvalue weighted by Gasteiger charge is 2.31. The number of carbonyl (C=O) groups excluding carboxylic acids is 1. The summed E-state index contributed by atoms with van der Waals surface area (Å²) in [6.45, 7) is 4.15. The average molecular weight is 467 g/mol. The van der Waals surface area contributed by atoms with E-state index in [1.165, 1.54) is 16.8 Å². The van der Waals surface area contributed by atoms with Gasteiger partial charge in [-0.15, -0.1) is 0 Å². The Morgan fingerprint density at radius 1 is 1.24 bits per heavy atom. The number of carbonyl (C=O) groups is 1. The number of ether oxygens (including phenoxy) is 1. The lowest BCUT2D eigenvalue weighted by atomic mass is 9.94. The standard InChI is InChI=1S/C23H20ClFN6O2/c1-4-31-20-12-7-17(23(26)27-9-12)33-11(2)15-8-13(25)5-6-14(15)19-16(10-30(3)28-19)21(32)18(20)22(24)29-31/h5-11H,4H2,1-3H3,(H2,26,27)/t11-/m1/s1. The average Bonchev–Trinajstić information content (AvgIpc) is 3.33. The molecular formula is C23H20ClFN6O2. The van der Waals surface area contributed by atoms with Gasteiger partial charge in [0, 0.05) is 42.7 Å². The Bertz CT molecular complexity index is 1430. The molecule has 0 unspecified atom stereocenters. The van der Waals surface area contributed by atoms with E-state index in [9.17, 15) is 9.18 Å². The Kier molecular flexibility index (Phi) is 4.93. The van der Waals surface area contributed by atoms with Crippen LogP contribution in [-0.4, -0.2) is 30.3 Å². The van der Waals surface area contributed by atoms with Gasteiger partial charge in [0.15, 0.2) is 16.7 Å². The number of hydrogen-bond donors (Lipinski definition) is 1. The molecule has 1 atom stereocenters. The zero-order valence-electron chi connectivity index (χ0n) is 18.1. The van der Waals surface area contributed by atoms with Crippen molar-refractivity contribution in [2.75, 3.05) is 5.73 Å². The molecule has 0 amide bonds. The van der Waals surface area contributed by atoms with Gasteiger partial charge >= 0.3 is 0 Å². The van der Waals surface area contributed by atoms with E-state index in [-0.39, 0.29) is 22.3 Å². The molecule has 10 heteroatoms. The van der Waals surface area contributed by atoms with Crippen molar-refractivity contribution < 1.29 is 13.9 Å². The highest BCUT2D eigenvalue weighted by atomic mass is 35.5. The first-order valence-electron chi connectivity index (χ1n) is 10.4. The van der Waals surface area contributed by atoms with Crippen LogP contribution in [0.4, 0.5) is 10.2 Å². The number of fused-ring (bicyclic) bond motifs is 7. The predicted octanol–water partition coefficient (Wildman–Crippen LogP) is 4.42. The second-order valence-corrected chi connectivity index (χ2v) is 8.18. The number of pyridine rings is 1. The van der Waals surface area contributed by atoms with Gasteiger partial charge in [-0.2, -0.15) is 10.2 Å². The van der Waals surface area contributed by atoms with Gasteiger partial charge < -0.3 is 10.5 Å². The van der Waals surface area contributed by atoms with E-state index in [1.54, 1.807) is 43.2 Å². The normalized spacial score (nSPS) is 15.1. The summed E-state index contributed by atoms with van der Waals surface area (Å²) in [5.41, 5.74) is 9.19. The first kappa shape index (κ1) is 21.1. The van der Waals surface area contributed by atoms with Crippen LogP contribution in [0.15, 0.2) is 36.7 Å². The van der Waals surface area contributed by atoms with E-state index in [1.807, 2.05) is 6.92 Å². The van der Waals surface area contributed by atoms with Gasteiger partial charge in [-0.1, -0.05) is 11.6 Å². The van der Waals surface area contributed by atoms with Gasteiger partial charge in [0.25, 0.3) is 0 Å². The molecule has 8 nitrogen and oxygen atoms in total. The van der Waals surface area contributed by atoms with Crippen molar-refractivity contribution in [3.63, 3.8) is 0 Å². The molecule has 0 saturated carbocycles. The lowest BCUT2D eigenvalue weighted by Crippen LogP contribution is -2.11. The second-order valence-electron chi connectivity index (χ2n) is 7.82. The maximum absolute atomic E-state index is 14.3. The number of aryl methyl sites for hydroxylation is 2. The van der Waals surface area contributed by atoms with Crippen LogP contribution in [0.1, 0.15) is 41.4 Å². The quantitative estimate of drug-likeness (QED) is 0.445. The smallest absolute Gasteiger partial charge is 0.202 e. The summed E-state index contributed by atoms with van der Waals surface area (Å²) >= 11 is 6.48. The molecule has 5 rings (SSSR count). The fraction of sp³-hybridized carbons (Fsp3) is 0.217. The molecule has 1 aliphatic rings. The summed E-state index contributed by atoms with van der Waals surface area (Å²) in [4.78, 5) is 18.1. The summed E-state index contributed by atoms with van der Waals surface area (Å²) in [6, 6.07) is 5.98. The fourth-order valence-electron chi connectivity index (χ4n) is 4.16. The van der Waals surface area contributed by atoms with Crippen molar-refractivity contribution in [3.8, 4) is 28.3 Å². The zero-order chi connectivity index (χ0) is 23.4. The van der Waals surface area contributed by atoms with Crippen LogP contribution in [0.3, 0.4) is 0 Å². The molecular weight excluding hydrogens is 447 g/mol. The van der Waals surface area contributed by atoms with Crippen LogP contribution in [0.2, 0.25) is 5.15 Å². The lowest BCUT2D eigenvalue weighted by molar-refractivity contribution is 0.104. The number of ketones is 1. The SMILES string of the molecule is CCn1nc(Cl)c2c1-c1cnc(N)c(c1)O[C@H](C)c1cc(F)ccc1-c1nn(C)cc1C2=O. The summed E-state index contributed by atoms with van der Waals surface area (Å²) in [5.74, 6) is -0.314. The zero-order valence-corrected chi connectivity index (χ0v) is 18.9. The Morgan fingerprint density at radius 3 is 2.79 bits per heavy atom. The molecule has 0 spiro atoms. The molecule has 33 heavy (non-hydrogen) atoms. The van der Waals surface area contributed by atoms with E-state index < -0.39 is 11.9 Å². The highest BCUT2D eigenvalue weighted by molar-refractivity contribution is 6.35. The first-order valence-corrected chi connectivity index (χ1v) is 10.7. The molecule has 2 N–H and O–H groups in total. The van der Waals surface area contributed by atoms with Crippen LogP contribution < -0.4 is 10.5 Å². The van der Waals surface area contributed by atoms with E-state index in [0.717, 1.165) is 0 Å². The third-order valence-electron chi connectivity index (χ3n) is 5.68. The predicted molar refractivity (Wildman–Crippen MR) is 122 cm³/mol. The first-order chi connectivity index (χ1) is 15.8. The van der Waals surface area contributed by atoms with Crippen molar-refractivity contribution >= 4 is 23.2 Å². The van der Waals surface area contributed by atoms with Crippen molar-refractivity contribution in [2.45, 2.75) is 26.5 Å². The van der Waals surface area contributed by atoms with E-state index in [0.29, 0.717) is 45.9 Å². The van der Waals surface area contributed by atoms with Gasteiger partial charge in [-0.25, -0.2) is 9.37 Å². The minimum atomic E-state index is -0.612. The number of rotatable bonds is 1.